The minimum Gasteiger partial charge on any atom is -0.211 e. The predicted octanol–water partition coefficient (Wildman–Crippen LogP) is 13.5. The quantitative estimate of drug-likeness (QED) is 0.0544. The van der Waals surface area contributed by atoms with Crippen molar-refractivity contribution in [3.8, 4) is 24.3 Å². The van der Waals surface area contributed by atoms with Crippen molar-refractivity contribution in [3.63, 3.8) is 0 Å². The highest BCUT2D eigenvalue weighted by Gasteiger charge is 2.43. The molecular formula is C48H88N6O4S2. The SMILES string of the molecule is CCCCCCCC(S(=O)(=O)N(CCCCCCCCCC#N)CCCCCCCCCC#N)S(=O)(=O)N(CCCCCCCCCC#N)CCCCCCCCCC#N. The number of rotatable bonds is 46. The molecule has 346 valence electrons. The van der Waals surface area contributed by atoms with Crippen LogP contribution in [0.2, 0.25) is 0 Å². The van der Waals surface area contributed by atoms with E-state index in [0.29, 0.717) is 84.0 Å². The smallest absolute Gasteiger partial charge is 0.211 e. The Bertz CT molecular complexity index is 1220. The summed E-state index contributed by atoms with van der Waals surface area (Å²) < 4.78 is 61.3. The van der Waals surface area contributed by atoms with Crippen LogP contribution in [-0.2, 0) is 20.0 Å². The van der Waals surface area contributed by atoms with Crippen molar-refractivity contribution < 1.29 is 16.8 Å². The van der Waals surface area contributed by atoms with E-state index >= 15 is 0 Å². The molecule has 0 N–H and O–H groups in total. The first-order valence-corrected chi connectivity index (χ1v) is 27.7. The number of nitrogens with zero attached hydrogens (tertiary/aromatic N) is 6. The molecule has 0 saturated heterocycles. The minimum absolute atomic E-state index is 0.123. The first-order valence-electron chi connectivity index (χ1n) is 24.7. The minimum atomic E-state index is -4.18. The summed E-state index contributed by atoms with van der Waals surface area (Å²) in [5.74, 6) is 0. The average Bonchev–Trinajstić information content (AvgIpc) is 3.23. The number of unbranched alkanes of at least 4 members (excludes halogenated alkanes) is 32. The zero-order chi connectivity index (χ0) is 44.3. The van der Waals surface area contributed by atoms with Gasteiger partial charge in [-0.05, 0) is 57.8 Å². The van der Waals surface area contributed by atoms with Crippen LogP contribution in [0.1, 0.15) is 251 Å². The van der Waals surface area contributed by atoms with Gasteiger partial charge in [0.05, 0.1) is 24.3 Å². The Morgan fingerprint density at radius 2 is 0.550 bits per heavy atom. The lowest BCUT2D eigenvalue weighted by atomic mass is 10.1. The molecule has 10 nitrogen and oxygen atoms in total. The van der Waals surface area contributed by atoms with Gasteiger partial charge in [0.15, 0.2) is 4.58 Å². The fourth-order valence-corrected chi connectivity index (χ4v) is 13.0. The van der Waals surface area contributed by atoms with Crippen LogP contribution in [0, 0.1) is 45.3 Å². The van der Waals surface area contributed by atoms with Gasteiger partial charge in [0.25, 0.3) is 0 Å². The molecule has 0 aromatic rings. The second-order valence-electron chi connectivity index (χ2n) is 17.1. The third kappa shape index (κ3) is 31.6. The molecule has 0 bridgehead atoms. The van der Waals surface area contributed by atoms with Crippen LogP contribution in [0.25, 0.3) is 0 Å². The first-order chi connectivity index (χ1) is 29.2. The second-order valence-corrected chi connectivity index (χ2v) is 21.6. The standard InChI is InChI=1S/C48H88N6O4S2/c1-2-3-4-21-30-39-48(59(55,56)53(44-35-26-17-9-5-13-22-31-40-49)45-36-27-18-10-6-14-23-32-41-50)60(57,58)54(46-37-28-19-11-7-15-24-33-42-51)47-38-29-20-12-8-16-25-34-43-52/h48H,2-39,44-47H2,1H3. The number of nitriles is 4. The van der Waals surface area contributed by atoms with Crippen LogP contribution >= 0.6 is 0 Å². The molecule has 0 radical (unpaired) electrons. The third-order valence-electron chi connectivity index (χ3n) is 11.7. The summed E-state index contributed by atoms with van der Waals surface area (Å²) in [4.78, 5) is 0. The molecule has 0 rings (SSSR count). The Hall–Kier alpha value is -2.22. The van der Waals surface area contributed by atoms with Gasteiger partial charge in [-0.2, -0.15) is 21.0 Å². The molecule has 0 aromatic carbocycles. The highest BCUT2D eigenvalue weighted by Crippen LogP contribution is 2.27. The van der Waals surface area contributed by atoms with E-state index in [1.807, 2.05) is 0 Å². The summed E-state index contributed by atoms with van der Waals surface area (Å²) in [6.07, 6.45) is 33.6. The van der Waals surface area contributed by atoms with Crippen molar-refractivity contribution in [2.75, 3.05) is 26.2 Å². The molecule has 12 heteroatoms. The molecule has 0 aromatic heterocycles. The van der Waals surface area contributed by atoms with Crippen LogP contribution in [0.5, 0.6) is 0 Å². The van der Waals surface area contributed by atoms with E-state index in [1.54, 1.807) is 8.61 Å². The lowest BCUT2D eigenvalue weighted by Crippen LogP contribution is -2.49. The van der Waals surface area contributed by atoms with E-state index in [1.165, 1.54) is 0 Å². The Balaban J connectivity index is 6.12. The van der Waals surface area contributed by atoms with Crippen molar-refractivity contribution in [1.82, 2.24) is 8.61 Å². The largest absolute Gasteiger partial charge is 0.232 e. The van der Waals surface area contributed by atoms with Crippen LogP contribution in [-0.4, -0.2) is 56.2 Å². The van der Waals surface area contributed by atoms with Gasteiger partial charge in [0, 0.05) is 51.9 Å². The summed E-state index contributed by atoms with van der Waals surface area (Å²) >= 11 is 0. The van der Waals surface area contributed by atoms with Gasteiger partial charge in [-0.15, -0.1) is 0 Å². The lowest BCUT2D eigenvalue weighted by Gasteiger charge is -2.32. The van der Waals surface area contributed by atoms with Gasteiger partial charge in [-0.1, -0.05) is 167 Å². The maximum Gasteiger partial charge on any atom is 0.232 e. The Morgan fingerprint density at radius 1 is 0.333 bits per heavy atom. The van der Waals surface area contributed by atoms with E-state index in [9.17, 15) is 16.8 Å². The van der Waals surface area contributed by atoms with Crippen molar-refractivity contribution >= 4 is 20.0 Å². The highest BCUT2D eigenvalue weighted by molar-refractivity contribution is 8.07. The average molecular weight is 877 g/mol. The topological polar surface area (TPSA) is 170 Å². The second kappa shape index (κ2) is 42.1. The molecule has 0 atom stereocenters. The molecule has 0 aliphatic heterocycles. The molecule has 60 heavy (non-hydrogen) atoms. The van der Waals surface area contributed by atoms with Crippen LogP contribution in [0.4, 0.5) is 0 Å². The van der Waals surface area contributed by atoms with E-state index in [4.69, 9.17) is 21.0 Å². The zero-order valence-corrected chi connectivity index (χ0v) is 40.0. The fourth-order valence-electron chi connectivity index (χ4n) is 7.94. The van der Waals surface area contributed by atoms with Gasteiger partial charge in [-0.3, -0.25) is 0 Å². The van der Waals surface area contributed by atoms with E-state index < -0.39 is 24.6 Å². The third-order valence-corrected chi connectivity index (χ3v) is 17.1. The van der Waals surface area contributed by atoms with Gasteiger partial charge in [-0.25, -0.2) is 25.4 Å². The van der Waals surface area contributed by atoms with Crippen molar-refractivity contribution in [1.29, 1.82) is 21.0 Å². The van der Waals surface area contributed by atoms with Crippen LogP contribution < -0.4 is 0 Å². The number of sulfonamides is 2. The predicted molar refractivity (Wildman–Crippen MR) is 248 cm³/mol. The van der Waals surface area contributed by atoms with Gasteiger partial charge in [0.2, 0.25) is 20.0 Å². The molecule has 0 saturated carbocycles. The Morgan fingerprint density at radius 3 is 0.800 bits per heavy atom. The molecule has 0 aliphatic carbocycles. The maximum absolute atomic E-state index is 14.9. The number of hydrogen-bond acceptors (Lipinski definition) is 8. The normalized spacial score (nSPS) is 11.9. The lowest BCUT2D eigenvalue weighted by molar-refractivity contribution is 0.367. The molecule has 0 spiro atoms. The molecule has 0 amide bonds. The summed E-state index contributed by atoms with van der Waals surface area (Å²) in [6.45, 7) is 3.51. The summed E-state index contributed by atoms with van der Waals surface area (Å²) in [5.41, 5.74) is 0. The van der Waals surface area contributed by atoms with E-state index in [2.05, 4.69) is 31.2 Å². The Kier molecular flexibility index (Phi) is 40.5. The molecule has 0 aliphatic rings. The van der Waals surface area contributed by atoms with E-state index in [-0.39, 0.29) is 6.42 Å². The number of hydrogen-bond donors (Lipinski definition) is 0. The first kappa shape index (κ1) is 57.8. The monoisotopic (exact) mass is 877 g/mol. The Labute approximate surface area is 371 Å². The summed E-state index contributed by atoms with van der Waals surface area (Å²) in [5, 5.41) is 35.3. The summed E-state index contributed by atoms with van der Waals surface area (Å²) in [6, 6.07) is 8.82. The van der Waals surface area contributed by atoms with Gasteiger partial charge >= 0.3 is 0 Å². The molecule has 0 heterocycles. The molecular weight excluding hydrogens is 789 g/mol. The molecule has 0 unspecified atom stereocenters. The van der Waals surface area contributed by atoms with E-state index in [0.717, 1.165) is 180 Å². The zero-order valence-electron chi connectivity index (χ0n) is 38.4. The fraction of sp³-hybridized carbons (Fsp3) is 0.917. The van der Waals surface area contributed by atoms with Crippen LogP contribution in [0.15, 0.2) is 0 Å². The van der Waals surface area contributed by atoms with Gasteiger partial charge in [0.1, 0.15) is 0 Å². The van der Waals surface area contributed by atoms with Crippen molar-refractivity contribution in [2.45, 2.75) is 255 Å². The van der Waals surface area contributed by atoms with Gasteiger partial charge < -0.3 is 0 Å². The highest BCUT2D eigenvalue weighted by atomic mass is 32.3. The van der Waals surface area contributed by atoms with Crippen molar-refractivity contribution in [2.24, 2.45) is 0 Å². The van der Waals surface area contributed by atoms with Crippen LogP contribution in [0.3, 0.4) is 0 Å². The summed E-state index contributed by atoms with van der Waals surface area (Å²) in [7, 11) is -8.36. The molecule has 0 fully saturated rings. The maximum atomic E-state index is 14.9. The van der Waals surface area contributed by atoms with Crippen molar-refractivity contribution in [3.05, 3.63) is 0 Å².